The van der Waals surface area contributed by atoms with Crippen LogP contribution >= 0.6 is 0 Å². The molecule has 72 valence electrons. The molecule has 0 amide bonds. The molecule has 0 bridgehead atoms. The van der Waals surface area contributed by atoms with Gasteiger partial charge in [0.2, 0.25) is 5.88 Å². The van der Waals surface area contributed by atoms with E-state index in [0.717, 1.165) is 6.42 Å². The van der Waals surface area contributed by atoms with E-state index < -0.39 is 0 Å². The molecule has 0 saturated heterocycles. The van der Waals surface area contributed by atoms with Crippen LogP contribution in [-0.2, 0) is 6.42 Å². The highest BCUT2D eigenvalue weighted by Gasteiger charge is 1.99. The van der Waals surface area contributed by atoms with Crippen LogP contribution in [0.25, 0.3) is 0 Å². The second kappa shape index (κ2) is 4.82. The average Bonchev–Trinajstić information content (AvgIpc) is 2.04. The molecule has 0 unspecified atom stereocenters. The topological polar surface area (TPSA) is 48.1 Å². The molecule has 0 atom stereocenters. The van der Waals surface area contributed by atoms with Crippen LogP contribution in [0.4, 0.5) is 0 Å². The molecule has 3 heteroatoms. The van der Waals surface area contributed by atoms with Gasteiger partial charge in [0.15, 0.2) is 0 Å². The van der Waals surface area contributed by atoms with E-state index in [0.29, 0.717) is 12.4 Å². The summed E-state index contributed by atoms with van der Waals surface area (Å²) in [6.45, 7) is 4.62. The summed E-state index contributed by atoms with van der Waals surface area (Å²) in [5.41, 5.74) is 6.62. The van der Waals surface area contributed by atoms with E-state index >= 15 is 0 Å². The van der Waals surface area contributed by atoms with Gasteiger partial charge in [-0.2, -0.15) is 0 Å². The van der Waals surface area contributed by atoms with Crippen LogP contribution in [0.15, 0.2) is 18.3 Å². The number of rotatable bonds is 4. The fourth-order valence-electron chi connectivity index (χ4n) is 1.08. The number of hydrogen-bond acceptors (Lipinski definition) is 3. The number of aromatic nitrogens is 1. The standard InChI is InChI=1S/C10H16N2O/c1-8(2)13-10-7-9(3-5-11)4-6-12-10/h4,6-8H,3,5,11H2,1-2H3. The Morgan fingerprint density at radius 3 is 2.92 bits per heavy atom. The summed E-state index contributed by atoms with van der Waals surface area (Å²) in [5, 5.41) is 0. The summed E-state index contributed by atoms with van der Waals surface area (Å²) in [7, 11) is 0. The lowest BCUT2D eigenvalue weighted by Crippen LogP contribution is -2.08. The first-order chi connectivity index (χ1) is 6.22. The third kappa shape index (κ3) is 3.42. The van der Waals surface area contributed by atoms with E-state index in [1.54, 1.807) is 6.20 Å². The molecule has 0 saturated carbocycles. The zero-order valence-corrected chi connectivity index (χ0v) is 8.16. The minimum absolute atomic E-state index is 0.167. The first-order valence-electron chi connectivity index (χ1n) is 4.54. The van der Waals surface area contributed by atoms with Crippen molar-refractivity contribution in [3.8, 4) is 5.88 Å². The molecule has 0 aliphatic carbocycles. The minimum Gasteiger partial charge on any atom is -0.475 e. The second-order valence-electron chi connectivity index (χ2n) is 3.21. The minimum atomic E-state index is 0.167. The van der Waals surface area contributed by atoms with Crippen LogP contribution in [0, 0.1) is 0 Å². The summed E-state index contributed by atoms with van der Waals surface area (Å²) in [6, 6.07) is 3.90. The van der Waals surface area contributed by atoms with Crippen molar-refractivity contribution in [2.45, 2.75) is 26.4 Å². The Morgan fingerprint density at radius 2 is 2.31 bits per heavy atom. The van der Waals surface area contributed by atoms with Crippen LogP contribution in [-0.4, -0.2) is 17.6 Å². The Labute approximate surface area is 78.9 Å². The van der Waals surface area contributed by atoms with E-state index in [2.05, 4.69) is 4.98 Å². The van der Waals surface area contributed by atoms with Gasteiger partial charge in [-0.3, -0.25) is 0 Å². The van der Waals surface area contributed by atoms with Crippen molar-refractivity contribution in [2.75, 3.05) is 6.54 Å². The molecule has 0 aliphatic rings. The van der Waals surface area contributed by atoms with Crippen LogP contribution in [0.1, 0.15) is 19.4 Å². The molecule has 13 heavy (non-hydrogen) atoms. The molecule has 1 aromatic heterocycles. The van der Waals surface area contributed by atoms with E-state index in [9.17, 15) is 0 Å². The van der Waals surface area contributed by atoms with Crippen molar-refractivity contribution >= 4 is 0 Å². The molecule has 0 fully saturated rings. The third-order valence-electron chi connectivity index (χ3n) is 1.59. The van der Waals surface area contributed by atoms with Crippen LogP contribution < -0.4 is 10.5 Å². The largest absolute Gasteiger partial charge is 0.475 e. The molecular formula is C10H16N2O. The molecule has 0 spiro atoms. The van der Waals surface area contributed by atoms with Crippen molar-refractivity contribution in [1.29, 1.82) is 0 Å². The van der Waals surface area contributed by atoms with E-state index in [1.165, 1.54) is 5.56 Å². The summed E-state index contributed by atoms with van der Waals surface area (Å²) in [5.74, 6) is 0.681. The Hall–Kier alpha value is -1.09. The number of pyridine rings is 1. The van der Waals surface area contributed by atoms with Gasteiger partial charge in [0.25, 0.3) is 0 Å². The molecule has 1 rings (SSSR count). The van der Waals surface area contributed by atoms with Gasteiger partial charge >= 0.3 is 0 Å². The zero-order valence-electron chi connectivity index (χ0n) is 8.16. The molecule has 0 aromatic carbocycles. The molecule has 2 N–H and O–H groups in total. The maximum Gasteiger partial charge on any atom is 0.213 e. The lowest BCUT2D eigenvalue weighted by Gasteiger charge is -2.08. The lowest BCUT2D eigenvalue weighted by atomic mass is 10.2. The first-order valence-corrected chi connectivity index (χ1v) is 4.54. The van der Waals surface area contributed by atoms with Crippen molar-refractivity contribution in [3.05, 3.63) is 23.9 Å². The molecule has 0 radical (unpaired) electrons. The Morgan fingerprint density at radius 1 is 1.54 bits per heavy atom. The van der Waals surface area contributed by atoms with Gasteiger partial charge in [-0.15, -0.1) is 0 Å². The predicted octanol–water partition coefficient (Wildman–Crippen LogP) is 1.37. The highest BCUT2D eigenvalue weighted by molar-refractivity contribution is 5.20. The zero-order chi connectivity index (χ0) is 9.68. The highest BCUT2D eigenvalue weighted by atomic mass is 16.5. The first kappa shape index (κ1) is 9.99. The van der Waals surface area contributed by atoms with Gasteiger partial charge in [-0.25, -0.2) is 4.98 Å². The maximum absolute atomic E-state index is 5.45. The Kier molecular flexibility index (Phi) is 3.71. The average molecular weight is 180 g/mol. The van der Waals surface area contributed by atoms with Crippen molar-refractivity contribution in [2.24, 2.45) is 5.73 Å². The van der Waals surface area contributed by atoms with Crippen LogP contribution in [0.2, 0.25) is 0 Å². The molecule has 3 nitrogen and oxygen atoms in total. The number of ether oxygens (including phenoxy) is 1. The number of nitrogens with two attached hydrogens (primary N) is 1. The summed E-state index contributed by atoms with van der Waals surface area (Å²) in [6.07, 6.45) is 2.79. The van der Waals surface area contributed by atoms with Crippen molar-refractivity contribution in [1.82, 2.24) is 4.98 Å². The molecular weight excluding hydrogens is 164 g/mol. The molecule has 1 aromatic rings. The van der Waals surface area contributed by atoms with E-state index in [-0.39, 0.29) is 6.10 Å². The molecule has 0 aliphatic heterocycles. The van der Waals surface area contributed by atoms with Gasteiger partial charge in [0.1, 0.15) is 0 Å². The van der Waals surface area contributed by atoms with E-state index in [4.69, 9.17) is 10.5 Å². The predicted molar refractivity (Wildman–Crippen MR) is 52.8 cm³/mol. The van der Waals surface area contributed by atoms with Crippen molar-refractivity contribution in [3.63, 3.8) is 0 Å². The van der Waals surface area contributed by atoms with Gasteiger partial charge < -0.3 is 10.5 Å². The normalized spacial score (nSPS) is 10.5. The number of hydrogen-bond donors (Lipinski definition) is 1. The van der Waals surface area contributed by atoms with Gasteiger partial charge in [-0.1, -0.05) is 0 Å². The van der Waals surface area contributed by atoms with Crippen LogP contribution in [0.3, 0.4) is 0 Å². The summed E-state index contributed by atoms with van der Waals surface area (Å²) < 4.78 is 5.45. The molecule has 1 heterocycles. The maximum atomic E-state index is 5.45. The monoisotopic (exact) mass is 180 g/mol. The quantitative estimate of drug-likeness (QED) is 0.761. The lowest BCUT2D eigenvalue weighted by molar-refractivity contribution is 0.232. The Bertz CT molecular complexity index is 261. The number of nitrogens with zero attached hydrogens (tertiary/aromatic N) is 1. The smallest absolute Gasteiger partial charge is 0.213 e. The highest BCUT2D eigenvalue weighted by Crippen LogP contribution is 2.10. The third-order valence-corrected chi connectivity index (χ3v) is 1.59. The van der Waals surface area contributed by atoms with Crippen LogP contribution in [0.5, 0.6) is 5.88 Å². The van der Waals surface area contributed by atoms with Crippen molar-refractivity contribution < 1.29 is 4.74 Å². The fourth-order valence-corrected chi connectivity index (χ4v) is 1.08. The van der Waals surface area contributed by atoms with E-state index in [1.807, 2.05) is 26.0 Å². The fraction of sp³-hybridized carbons (Fsp3) is 0.500. The van der Waals surface area contributed by atoms with Gasteiger partial charge in [0, 0.05) is 12.3 Å². The summed E-state index contributed by atoms with van der Waals surface area (Å²) in [4.78, 5) is 4.10. The second-order valence-corrected chi connectivity index (χ2v) is 3.21. The summed E-state index contributed by atoms with van der Waals surface area (Å²) >= 11 is 0. The Balaban J connectivity index is 2.67. The SMILES string of the molecule is CC(C)Oc1cc(CCN)ccn1. The van der Waals surface area contributed by atoms with Gasteiger partial charge in [-0.05, 0) is 38.4 Å². The van der Waals surface area contributed by atoms with Gasteiger partial charge in [0.05, 0.1) is 6.10 Å².